The number of hydrogen-bond acceptors (Lipinski definition) is 3. The lowest BCUT2D eigenvalue weighted by atomic mass is 9.81. The summed E-state index contributed by atoms with van der Waals surface area (Å²) in [6, 6.07) is 0. The molecule has 1 saturated carbocycles. The van der Waals surface area contributed by atoms with Gasteiger partial charge < -0.3 is 15.2 Å². The summed E-state index contributed by atoms with van der Waals surface area (Å²) in [7, 11) is 0. The molecule has 0 aromatic carbocycles. The Balaban J connectivity index is 1.72. The van der Waals surface area contributed by atoms with Crippen LogP contribution in [0.1, 0.15) is 45.4 Å². The van der Waals surface area contributed by atoms with Gasteiger partial charge in [0.1, 0.15) is 0 Å². The molecule has 1 amide bonds. The number of carboxylic acid groups (broad SMARTS) is 1. The van der Waals surface area contributed by atoms with Crippen molar-refractivity contribution in [3.63, 3.8) is 0 Å². The van der Waals surface area contributed by atoms with Gasteiger partial charge in [-0.2, -0.15) is 0 Å². The van der Waals surface area contributed by atoms with Crippen LogP contribution in [0.5, 0.6) is 0 Å². The second kappa shape index (κ2) is 7.07. The van der Waals surface area contributed by atoms with Crippen molar-refractivity contribution in [2.24, 2.45) is 17.8 Å². The van der Waals surface area contributed by atoms with Crippen molar-refractivity contribution in [2.45, 2.75) is 51.6 Å². The first-order valence-electron chi connectivity index (χ1n) is 7.74. The minimum atomic E-state index is -0.724. The zero-order chi connectivity index (χ0) is 14.5. The molecule has 0 aromatic heterocycles. The van der Waals surface area contributed by atoms with E-state index in [1.807, 2.05) is 0 Å². The van der Waals surface area contributed by atoms with E-state index in [1.54, 1.807) is 0 Å². The number of carbonyl (C=O) groups is 2. The van der Waals surface area contributed by atoms with Gasteiger partial charge in [-0.3, -0.25) is 9.59 Å². The molecule has 0 bridgehead atoms. The molecule has 2 atom stereocenters. The van der Waals surface area contributed by atoms with Crippen molar-refractivity contribution in [3.8, 4) is 0 Å². The third kappa shape index (κ3) is 3.72. The van der Waals surface area contributed by atoms with Crippen LogP contribution in [-0.2, 0) is 14.3 Å². The maximum absolute atomic E-state index is 12.1. The largest absolute Gasteiger partial charge is 0.481 e. The summed E-state index contributed by atoms with van der Waals surface area (Å²) in [5.74, 6) is -0.465. The first-order chi connectivity index (χ1) is 9.61. The highest BCUT2D eigenvalue weighted by molar-refractivity contribution is 5.79. The minimum Gasteiger partial charge on any atom is -0.481 e. The third-order valence-corrected chi connectivity index (χ3v) is 4.73. The number of nitrogens with one attached hydrogen (secondary N) is 1. The first kappa shape index (κ1) is 15.3. The average molecular weight is 283 g/mol. The van der Waals surface area contributed by atoms with E-state index in [1.165, 1.54) is 0 Å². The topological polar surface area (TPSA) is 75.6 Å². The van der Waals surface area contributed by atoms with Gasteiger partial charge in [-0.1, -0.05) is 6.92 Å². The Morgan fingerprint density at radius 1 is 1.15 bits per heavy atom. The molecule has 1 saturated heterocycles. The predicted molar refractivity (Wildman–Crippen MR) is 74.2 cm³/mol. The highest BCUT2D eigenvalue weighted by Gasteiger charge is 2.31. The molecule has 0 spiro atoms. The number of carboxylic acids is 1. The summed E-state index contributed by atoms with van der Waals surface area (Å²) in [6.07, 6.45) is 4.92. The Morgan fingerprint density at radius 3 is 2.40 bits per heavy atom. The number of carbonyl (C=O) groups excluding carboxylic acids is 1. The Labute approximate surface area is 120 Å². The van der Waals surface area contributed by atoms with Crippen LogP contribution in [0.2, 0.25) is 0 Å². The summed E-state index contributed by atoms with van der Waals surface area (Å²) in [4.78, 5) is 23.0. The third-order valence-electron chi connectivity index (χ3n) is 4.73. The molecule has 114 valence electrons. The minimum absolute atomic E-state index is 0.00648. The summed E-state index contributed by atoms with van der Waals surface area (Å²) in [6.45, 7) is 3.59. The molecule has 0 radical (unpaired) electrons. The highest BCUT2D eigenvalue weighted by Crippen LogP contribution is 2.29. The molecule has 0 aromatic rings. The molecule has 2 aliphatic rings. The van der Waals surface area contributed by atoms with Crippen molar-refractivity contribution < 1.29 is 19.4 Å². The van der Waals surface area contributed by atoms with E-state index >= 15 is 0 Å². The van der Waals surface area contributed by atoms with Crippen LogP contribution in [0.3, 0.4) is 0 Å². The molecule has 1 heterocycles. The van der Waals surface area contributed by atoms with Crippen LogP contribution < -0.4 is 5.32 Å². The fourth-order valence-corrected chi connectivity index (χ4v) is 3.36. The van der Waals surface area contributed by atoms with Crippen LogP contribution >= 0.6 is 0 Å². The lowest BCUT2D eigenvalue weighted by Gasteiger charge is -2.26. The van der Waals surface area contributed by atoms with Gasteiger partial charge in [0.25, 0.3) is 0 Å². The molecule has 2 unspecified atom stereocenters. The molecule has 2 rings (SSSR count). The zero-order valence-electron chi connectivity index (χ0n) is 12.1. The van der Waals surface area contributed by atoms with Crippen LogP contribution in [0.4, 0.5) is 0 Å². The van der Waals surface area contributed by atoms with Gasteiger partial charge in [0.15, 0.2) is 0 Å². The van der Waals surface area contributed by atoms with Crippen molar-refractivity contribution in [3.05, 3.63) is 0 Å². The van der Waals surface area contributed by atoms with Crippen molar-refractivity contribution >= 4 is 11.9 Å². The van der Waals surface area contributed by atoms with Crippen molar-refractivity contribution in [2.75, 3.05) is 13.2 Å². The zero-order valence-corrected chi connectivity index (χ0v) is 12.1. The van der Waals surface area contributed by atoms with E-state index in [0.29, 0.717) is 38.1 Å². The monoisotopic (exact) mass is 283 g/mol. The fraction of sp³-hybridized carbons (Fsp3) is 0.867. The van der Waals surface area contributed by atoms with Gasteiger partial charge in [0.2, 0.25) is 5.91 Å². The maximum atomic E-state index is 12.1. The molecule has 1 aliphatic heterocycles. The lowest BCUT2D eigenvalue weighted by molar-refractivity contribution is -0.144. The fourth-order valence-electron chi connectivity index (χ4n) is 3.36. The van der Waals surface area contributed by atoms with E-state index in [4.69, 9.17) is 9.84 Å². The Kier molecular flexibility index (Phi) is 5.40. The van der Waals surface area contributed by atoms with Crippen LogP contribution in [0.15, 0.2) is 0 Å². The van der Waals surface area contributed by atoms with Crippen molar-refractivity contribution in [1.29, 1.82) is 0 Å². The molecular weight excluding hydrogens is 258 g/mol. The second-order valence-corrected chi connectivity index (χ2v) is 6.00. The number of rotatable bonds is 5. The normalized spacial score (nSPS) is 33.9. The molecule has 1 aliphatic carbocycles. The average Bonchev–Trinajstić information content (AvgIpc) is 2.92. The molecular formula is C15H25NO4. The predicted octanol–water partition coefficient (Wildman–Crippen LogP) is 1.81. The van der Waals surface area contributed by atoms with Crippen LogP contribution in [0, 0.1) is 17.8 Å². The van der Waals surface area contributed by atoms with Crippen LogP contribution in [0.25, 0.3) is 0 Å². The molecule has 2 N–H and O–H groups in total. The summed E-state index contributed by atoms with van der Waals surface area (Å²) >= 11 is 0. The second-order valence-electron chi connectivity index (χ2n) is 6.00. The van der Waals surface area contributed by atoms with Crippen molar-refractivity contribution in [1.82, 2.24) is 5.32 Å². The summed E-state index contributed by atoms with van der Waals surface area (Å²) in [5.41, 5.74) is 0. The smallest absolute Gasteiger partial charge is 0.306 e. The van der Waals surface area contributed by atoms with E-state index in [9.17, 15) is 9.59 Å². The number of amides is 1. The van der Waals surface area contributed by atoms with Gasteiger partial charge in [-0.05, 0) is 38.5 Å². The van der Waals surface area contributed by atoms with E-state index in [2.05, 4.69) is 12.2 Å². The van der Waals surface area contributed by atoms with Gasteiger partial charge in [0.05, 0.1) is 12.0 Å². The standard InChI is InChI=1S/C15H25NO4/c1-2-13-12(7-8-20-13)9-16-14(17)10-3-5-11(6-4-10)15(18)19/h10-13H,2-9H2,1H3,(H,16,17)(H,18,19). The number of aliphatic carboxylic acids is 1. The molecule has 20 heavy (non-hydrogen) atoms. The first-order valence-corrected chi connectivity index (χ1v) is 7.74. The number of hydrogen-bond donors (Lipinski definition) is 2. The Bertz CT molecular complexity index is 350. The summed E-state index contributed by atoms with van der Waals surface area (Å²) in [5, 5.41) is 12.0. The van der Waals surface area contributed by atoms with E-state index in [-0.39, 0.29) is 23.8 Å². The Morgan fingerprint density at radius 2 is 1.80 bits per heavy atom. The van der Waals surface area contributed by atoms with Crippen LogP contribution in [-0.4, -0.2) is 36.2 Å². The Hall–Kier alpha value is -1.10. The SMILES string of the molecule is CCC1OCCC1CNC(=O)C1CCC(C(=O)O)CC1. The molecule has 5 heteroatoms. The van der Waals surface area contributed by atoms with Gasteiger partial charge in [0, 0.05) is 25.0 Å². The number of ether oxygens (including phenoxy) is 1. The van der Waals surface area contributed by atoms with Gasteiger partial charge in [-0.15, -0.1) is 0 Å². The van der Waals surface area contributed by atoms with Gasteiger partial charge in [-0.25, -0.2) is 0 Å². The summed E-state index contributed by atoms with van der Waals surface area (Å²) < 4.78 is 5.62. The maximum Gasteiger partial charge on any atom is 0.306 e. The molecule has 2 fully saturated rings. The quantitative estimate of drug-likeness (QED) is 0.807. The van der Waals surface area contributed by atoms with Gasteiger partial charge >= 0.3 is 5.97 Å². The van der Waals surface area contributed by atoms with E-state index in [0.717, 1.165) is 19.4 Å². The highest BCUT2D eigenvalue weighted by atomic mass is 16.5. The van der Waals surface area contributed by atoms with E-state index < -0.39 is 5.97 Å². The molecule has 5 nitrogen and oxygen atoms in total. The lowest BCUT2D eigenvalue weighted by Crippen LogP contribution is -2.38.